The molecule has 4 atom stereocenters. The van der Waals surface area contributed by atoms with Gasteiger partial charge >= 0.3 is 0 Å². The summed E-state index contributed by atoms with van der Waals surface area (Å²) in [6, 6.07) is 11.5. The normalized spacial score (nSPS) is 43.5. The first-order valence-electron chi connectivity index (χ1n) is 13.4. The topological polar surface area (TPSA) is 12.5 Å². The monoisotopic (exact) mass is 457 g/mol. The second kappa shape index (κ2) is 8.58. The Hall–Kier alpha value is -0.570. The molecule has 32 heavy (non-hydrogen) atoms. The second-order valence-electron chi connectivity index (χ2n) is 12.8. The highest BCUT2D eigenvalue weighted by molar-refractivity contribution is 5.85. The number of benzene rings is 1. The van der Waals surface area contributed by atoms with Crippen LogP contribution in [0.2, 0.25) is 0 Å². The van der Waals surface area contributed by atoms with Crippen LogP contribution in [0.4, 0.5) is 0 Å². The van der Waals surface area contributed by atoms with Crippen LogP contribution in [0.1, 0.15) is 82.6 Å². The van der Waals surface area contributed by atoms with Gasteiger partial charge in [-0.3, -0.25) is 0 Å². The molecule has 5 saturated carbocycles. The van der Waals surface area contributed by atoms with Crippen molar-refractivity contribution in [1.29, 1.82) is 0 Å². The Balaban J connectivity index is 0.00000216. The number of ether oxygens (including phenoxy) is 1. The van der Waals surface area contributed by atoms with Gasteiger partial charge in [-0.1, -0.05) is 49.6 Å². The van der Waals surface area contributed by atoms with Crippen molar-refractivity contribution < 1.29 is 4.74 Å². The minimum Gasteiger partial charge on any atom is -0.369 e. The number of halogens is 1. The minimum atomic E-state index is -0.0490. The van der Waals surface area contributed by atoms with E-state index in [9.17, 15) is 0 Å². The lowest BCUT2D eigenvalue weighted by Crippen LogP contribution is -2.61. The predicted octanol–water partition coefficient (Wildman–Crippen LogP) is 7.07. The Bertz CT molecular complexity index is 774. The third-order valence-electron chi connectivity index (χ3n) is 10.4. The maximum Gasteiger partial charge on any atom is 0.0991 e. The summed E-state index contributed by atoms with van der Waals surface area (Å²) in [6.07, 6.45) is 17.6. The van der Waals surface area contributed by atoms with Crippen molar-refractivity contribution in [3.05, 3.63) is 35.9 Å². The molecular weight excluding hydrogens is 414 g/mol. The highest BCUT2D eigenvalue weighted by atomic mass is 35.5. The Labute approximate surface area is 202 Å². The molecule has 1 aromatic rings. The van der Waals surface area contributed by atoms with E-state index in [0.29, 0.717) is 16.7 Å². The van der Waals surface area contributed by atoms with Gasteiger partial charge in [-0.2, -0.15) is 0 Å². The van der Waals surface area contributed by atoms with E-state index in [1.54, 1.807) is 12.8 Å². The summed E-state index contributed by atoms with van der Waals surface area (Å²) in [5, 5.41) is 0. The molecule has 0 spiro atoms. The lowest BCUT2D eigenvalue weighted by atomic mass is 9.37. The molecule has 4 unspecified atom stereocenters. The largest absolute Gasteiger partial charge is 0.369 e. The first kappa shape index (κ1) is 23.2. The van der Waals surface area contributed by atoms with E-state index in [1.807, 2.05) is 0 Å². The zero-order chi connectivity index (χ0) is 21.1. The molecule has 0 aromatic heterocycles. The van der Waals surface area contributed by atoms with Crippen LogP contribution in [-0.2, 0) is 10.3 Å². The van der Waals surface area contributed by atoms with E-state index in [-0.39, 0.29) is 18.0 Å². The first-order chi connectivity index (χ1) is 15.0. The Morgan fingerprint density at radius 2 is 1.59 bits per heavy atom. The molecule has 1 heterocycles. The van der Waals surface area contributed by atoms with Gasteiger partial charge in [-0.05, 0) is 107 Å². The quantitative estimate of drug-likeness (QED) is 0.468. The molecular formula is C29H44ClNO. The van der Waals surface area contributed by atoms with Crippen LogP contribution >= 0.6 is 12.4 Å². The van der Waals surface area contributed by atoms with E-state index in [4.69, 9.17) is 4.74 Å². The molecule has 1 aromatic carbocycles. The van der Waals surface area contributed by atoms with Crippen molar-refractivity contribution in [2.24, 2.45) is 34.5 Å². The van der Waals surface area contributed by atoms with Gasteiger partial charge in [0.1, 0.15) is 0 Å². The maximum atomic E-state index is 7.13. The van der Waals surface area contributed by atoms with Gasteiger partial charge in [0.15, 0.2) is 0 Å². The Kier molecular flexibility index (Phi) is 6.22. The highest BCUT2D eigenvalue weighted by Crippen LogP contribution is 2.74. The van der Waals surface area contributed by atoms with Gasteiger partial charge in [-0.25, -0.2) is 0 Å². The second-order valence-corrected chi connectivity index (χ2v) is 12.8. The highest BCUT2D eigenvalue weighted by Gasteiger charge is 2.68. The summed E-state index contributed by atoms with van der Waals surface area (Å²) in [6.45, 7) is 2.10. The summed E-state index contributed by atoms with van der Waals surface area (Å²) in [5.74, 6) is 3.58. The van der Waals surface area contributed by atoms with E-state index in [2.05, 4.69) is 49.3 Å². The molecule has 5 aliphatic carbocycles. The average molecular weight is 458 g/mol. The standard InChI is InChI=1S/C29H43NO.ClH/c1-30(2)19-24-18-29(31-20-24,26-11-7-4-8-12-26)28-16-22-13-23(17-28)15-27(14-22,21-28)25-9-5-3-6-10-25;/h4,7-8,11-12,22-25H,3,5-6,9-10,13-21H2,1-2H3;1H. The third-order valence-corrected chi connectivity index (χ3v) is 10.4. The number of rotatable bonds is 5. The van der Waals surface area contributed by atoms with Crippen molar-refractivity contribution in [2.75, 3.05) is 27.2 Å². The van der Waals surface area contributed by atoms with E-state index in [1.165, 1.54) is 69.8 Å². The molecule has 1 aliphatic heterocycles. The zero-order valence-electron chi connectivity index (χ0n) is 20.4. The lowest BCUT2D eigenvalue weighted by molar-refractivity contribution is -0.228. The molecule has 1 saturated heterocycles. The van der Waals surface area contributed by atoms with Crippen LogP contribution in [-0.4, -0.2) is 32.1 Å². The lowest BCUT2D eigenvalue weighted by Gasteiger charge is -2.68. The smallest absolute Gasteiger partial charge is 0.0991 e. The van der Waals surface area contributed by atoms with Crippen molar-refractivity contribution >= 4 is 12.4 Å². The molecule has 4 bridgehead atoms. The van der Waals surface area contributed by atoms with Gasteiger partial charge < -0.3 is 9.64 Å². The van der Waals surface area contributed by atoms with E-state index < -0.39 is 0 Å². The van der Waals surface area contributed by atoms with Gasteiger partial charge in [-0.15, -0.1) is 12.4 Å². The summed E-state index contributed by atoms with van der Waals surface area (Å²) in [7, 11) is 4.45. The molecule has 0 amide bonds. The summed E-state index contributed by atoms with van der Waals surface area (Å²) < 4.78 is 7.13. The molecule has 0 radical (unpaired) electrons. The van der Waals surface area contributed by atoms with Gasteiger partial charge in [0.05, 0.1) is 12.2 Å². The predicted molar refractivity (Wildman–Crippen MR) is 134 cm³/mol. The van der Waals surface area contributed by atoms with Crippen LogP contribution in [0.25, 0.3) is 0 Å². The van der Waals surface area contributed by atoms with Crippen LogP contribution in [0, 0.1) is 34.5 Å². The third kappa shape index (κ3) is 3.59. The average Bonchev–Trinajstić information content (AvgIpc) is 3.19. The van der Waals surface area contributed by atoms with Crippen molar-refractivity contribution in [2.45, 2.75) is 82.7 Å². The Morgan fingerprint density at radius 3 is 2.25 bits per heavy atom. The van der Waals surface area contributed by atoms with Crippen molar-refractivity contribution in [3.63, 3.8) is 0 Å². The first-order valence-corrected chi connectivity index (χ1v) is 13.4. The van der Waals surface area contributed by atoms with Gasteiger partial charge in [0, 0.05) is 12.0 Å². The van der Waals surface area contributed by atoms with Crippen LogP contribution in [0.3, 0.4) is 0 Å². The van der Waals surface area contributed by atoms with Crippen LogP contribution < -0.4 is 0 Å². The molecule has 3 heteroatoms. The fourth-order valence-corrected chi connectivity index (χ4v) is 10.0. The summed E-state index contributed by atoms with van der Waals surface area (Å²) in [4.78, 5) is 2.37. The zero-order valence-corrected chi connectivity index (χ0v) is 21.2. The van der Waals surface area contributed by atoms with Gasteiger partial charge in [0.25, 0.3) is 0 Å². The molecule has 2 nitrogen and oxygen atoms in total. The molecule has 6 aliphatic rings. The fraction of sp³-hybridized carbons (Fsp3) is 0.793. The van der Waals surface area contributed by atoms with Crippen LogP contribution in [0.15, 0.2) is 30.3 Å². The molecule has 6 fully saturated rings. The minimum absolute atomic E-state index is 0. The number of nitrogens with zero attached hydrogens (tertiary/aromatic N) is 1. The summed E-state index contributed by atoms with van der Waals surface area (Å²) in [5.41, 5.74) is 2.45. The SMILES string of the molecule is CN(C)CC1COC(c2ccccc2)(C23CC4CC(CC(C5CCCCC5)(C4)C2)C3)C1.Cl. The van der Waals surface area contributed by atoms with Crippen molar-refractivity contribution in [1.82, 2.24) is 4.90 Å². The van der Waals surface area contributed by atoms with E-state index in [0.717, 1.165) is 30.9 Å². The molecule has 178 valence electrons. The van der Waals surface area contributed by atoms with E-state index >= 15 is 0 Å². The molecule has 0 N–H and O–H groups in total. The number of hydrogen-bond acceptors (Lipinski definition) is 2. The van der Waals surface area contributed by atoms with Crippen molar-refractivity contribution in [3.8, 4) is 0 Å². The van der Waals surface area contributed by atoms with Crippen LogP contribution in [0.5, 0.6) is 0 Å². The van der Waals surface area contributed by atoms with Gasteiger partial charge in [0.2, 0.25) is 0 Å². The summed E-state index contributed by atoms with van der Waals surface area (Å²) >= 11 is 0. The Morgan fingerprint density at radius 1 is 0.906 bits per heavy atom. The fourth-order valence-electron chi connectivity index (χ4n) is 10.0. The molecule has 7 rings (SSSR count). The number of hydrogen-bond donors (Lipinski definition) is 0. The maximum absolute atomic E-state index is 7.13.